The fraction of sp³-hybridized carbons (Fsp3) is 0.448. The molecule has 1 aromatic carbocycles. The van der Waals surface area contributed by atoms with Gasteiger partial charge < -0.3 is 19.7 Å². The van der Waals surface area contributed by atoms with Crippen LogP contribution in [-0.2, 0) is 12.8 Å². The minimum absolute atomic E-state index is 0.00390. The van der Waals surface area contributed by atoms with Crippen LogP contribution >= 0.6 is 0 Å². The van der Waals surface area contributed by atoms with Gasteiger partial charge in [-0.1, -0.05) is 11.2 Å². The number of H-pyrrole nitrogens is 1. The minimum Gasteiger partial charge on any atom is -0.349 e. The summed E-state index contributed by atoms with van der Waals surface area (Å²) in [6, 6.07) is 10.6. The zero-order valence-corrected chi connectivity index (χ0v) is 21.4. The first-order valence-corrected chi connectivity index (χ1v) is 13.5. The second-order valence-corrected chi connectivity index (χ2v) is 10.6. The highest BCUT2D eigenvalue weighted by Gasteiger charge is 2.25. The zero-order chi connectivity index (χ0) is 25.2. The predicted octanol–water partition coefficient (Wildman–Crippen LogP) is 4.70. The van der Waals surface area contributed by atoms with E-state index in [1.807, 2.05) is 19.1 Å². The van der Waals surface area contributed by atoms with Gasteiger partial charge in [-0.2, -0.15) is 4.98 Å². The number of carbonyl (C=O) groups excluding carboxylic acids is 1. The third-order valence-electron chi connectivity index (χ3n) is 8.11. The van der Waals surface area contributed by atoms with Crippen LogP contribution in [0.25, 0.3) is 22.5 Å². The monoisotopic (exact) mass is 498 g/mol. The number of hydrogen-bond acceptors (Lipinski definition) is 6. The fourth-order valence-corrected chi connectivity index (χ4v) is 5.91. The molecule has 0 spiro atoms. The van der Waals surface area contributed by atoms with Gasteiger partial charge in [0, 0.05) is 42.5 Å². The summed E-state index contributed by atoms with van der Waals surface area (Å²) in [5.74, 6) is 2.01. The Labute approximate surface area is 216 Å². The lowest BCUT2D eigenvalue weighted by Crippen LogP contribution is -2.38. The van der Waals surface area contributed by atoms with Crippen LogP contribution in [0.1, 0.15) is 59.4 Å². The second-order valence-electron chi connectivity index (χ2n) is 10.6. The number of benzene rings is 1. The quantitative estimate of drug-likeness (QED) is 0.400. The number of rotatable bonds is 6. The molecule has 6 rings (SSSR count). The lowest BCUT2D eigenvalue weighted by molar-refractivity contribution is 0.0921. The summed E-state index contributed by atoms with van der Waals surface area (Å²) in [5, 5.41) is 8.07. The Hall–Kier alpha value is -3.52. The Morgan fingerprint density at radius 2 is 1.97 bits per heavy atom. The van der Waals surface area contributed by atoms with E-state index in [4.69, 9.17) is 4.52 Å². The fourth-order valence-electron chi connectivity index (χ4n) is 5.91. The number of aryl methyl sites for hydroxylation is 1. The Kier molecular flexibility index (Phi) is 6.74. The Morgan fingerprint density at radius 1 is 1.14 bits per heavy atom. The summed E-state index contributed by atoms with van der Waals surface area (Å²) < 4.78 is 5.37. The highest BCUT2D eigenvalue weighted by molar-refractivity contribution is 6.05. The van der Waals surface area contributed by atoms with E-state index in [1.54, 1.807) is 12.4 Å². The number of carbonyl (C=O) groups is 1. The van der Waals surface area contributed by atoms with Crippen molar-refractivity contribution in [2.24, 2.45) is 5.92 Å². The first kappa shape index (κ1) is 23.9. The summed E-state index contributed by atoms with van der Waals surface area (Å²) in [6.45, 7) is 5.19. The number of aromatic amines is 1. The van der Waals surface area contributed by atoms with Crippen molar-refractivity contribution in [3.05, 3.63) is 65.2 Å². The van der Waals surface area contributed by atoms with Gasteiger partial charge in [-0.05, 0) is 99.7 Å². The van der Waals surface area contributed by atoms with Crippen LogP contribution in [0.2, 0.25) is 0 Å². The van der Waals surface area contributed by atoms with Crippen LogP contribution in [0.5, 0.6) is 0 Å². The van der Waals surface area contributed by atoms with Gasteiger partial charge in [-0.15, -0.1) is 0 Å². The van der Waals surface area contributed by atoms with Crippen LogP contribution in [0.3, 0.4) is 0 Å². The molecule has 192 valence electrons. The Balaban J connectivity index is 0.965. The maximum Gasteiger partial charge on any atom is 0.257 e. The van der Waals surface area contributed by atoms with E-state index in [0.717, 1.165) is 67.8 Å². The van der Waals surface area contributed by atoms with E-state index in [0.29, 0.717) is 17.3 Å². The van der Waals surface area contributed by atoms with Gasteiger partial charge in [0.1, 0.15) is 5.65 Å². The van der Waals surface area contributed by atoms with Crippen molar-refractivity contribution in [1.29, 1.82) is 0 Å². The molecule has 1 amide bonds. The molecule has 8 heteroatoms. The number of nitrogens with zero attached hydrogens (tertiary/aromatic N) is 4. The van der Waals surface area contributed by atoms with Gasteiger partial charge in [0.25, 0.3) is 11.8 Å². The van der Waals surface area contributed by atoms with Crippen LogP contribution in [0.15, 0.2) is 47.2 Å². The summed E-state index contributed by atoms with van der Waals surface area (Å²) in [4.78, 5) is 27.2. The van der Waals surface area contributed by atoms with Crippen LogP contribution in [-0.4, -0.2) is 56.6 Å². The Morgan fingerprint density at radius 3 is 2.78 bits per heavy atom. The average Bonchev–Trinajstić information content (AvgIpc) is 3.50. The van der Waals surface area contributed by atoms with E-state index in [2.05, 4.69) is 48.5 Å². The van der Waals surface area contributed by atoms with Crippen molar-refractivity contribution in [1.82, 2.24) is 30.3 Å². The Bertz CT molecular complexity index is 1380. The standard InChI is InChI=1S/C29H34N6O2/c1-19-32-29(37-34-19)23-7-6-21-11-15-35(16-12-22(21)17-23)14-10-20-4-8-24(9-5-20)33-28(36)26-18-31-27-25(26)3-2-13-30-27/h2-3,6-7,13,17-18,20,24H,4-5,8-12,14-16H2,1H3,(H,30,31)(H,33,36). The smallest absolute Gasteiger partial charge is 0.257 e. The number of hydrogen-bond donors (Lipinski definition) is 2. The van der Waals surface area contributed by atoms with Crippen LogP contribution in [0, 0.1) is 12.8 Å². The molecule has 8 nitrogen and oxygen atoms in total. The molecule has 4 aromatic rings. The predicted molar refractivity (Wildman–Crippen MR) is 142 cm³/mol. The number of aromatic nitrogens is 4. The topological polar surface area (TPSA) is 99.9 Å². The molecule has 0 unspecified atom stereocenters. The van der Waals surface area contributed by atoms with Gasteiger partial charge >= 0.3 is 0 Å². The number of pyridine rings is 1. The SMILES string of the molecule is Cc1noc(-c2ccc3c(c2)CCN(CCC2CCC(NC(=O)c4c[nH]c5ncccc45)CC2)CC3)n1. The molecule has 0 radical (unpaired) electrons. The molecule has 0 atom stereocenters. The van der Waals surface area contributed by atoms with Gasteiger partial charge in [0.15, 0.2) is 5.82 Å². The highest BCUT2D eigenvalue weighted by atomic mass is 16.5. The van der Waals surface area contributed by atoms with E-state index in [9.17, 15) is 4.79 Å². The highest BCUT2D eigenvalue weighted by Crippen LogP contribution is 2.29. The molecule has 3 aromatic heterocycles. The summed E-state index contributed by atoms with van der Waals surface area (Å²) in [6.07, 6.45) is 11.4. The van der Waals surface area contributed by atoms with E-state index >= 15 is 0 Å². The number of nitrogens with one attached hydrogen (secondary N) is 2. The lowest BCUT2D eigenvalue weighted by Gasteiger charge is -2.30. The van der Waals surface area contributed by atoms with Crippen molar-refractivity contribution in [3.63, 3.8) is 0 Å². The van der Waals surface area contributed by atoms with E-state index < -0.39 is 0 Å². The number of amides is 1. The maximum absolute atomic E-state index is 12.9. The largest absolute Gasteiger partial charge is 0.349 e. The van der Waals surface area contributed by atoms with Crippen molar-refractivity contribution >= 4 is 16.9 Å². The average molecular weight is 499 g/mol. The molecule has 0 saturated heterocycles. The first-order chi connectivity index (χ1) is 18.1. The van der Waals surface area contributed by atoms with Crippen molar-refractivity contribution < 1.29 is 9.32 Å². The van der Waals surface area contributed by atoms with Gasteiger partial charge in [0.2, 0.25) is 0 Å². The van der Waals surface area contributed by atoms with Crippen molar-refractivity contribution in [2.75, 3.05) is 19.6 Å². The van der Waals surface area contributed by atoms with Crippen LogP contribution < -0.4 is 5.32 Å². The van der Waals surface area contributed by atoms with Crippen molar-refractivity contribution in [2.45, 2.75) is 57.9 Å². The third kappa shape index (κ3) is 5.30. The first-order valence-electron chi connectivity index (χ1n) is 13.5. The van der Waals surface area contributed by atoms with Crippen molar-refractivity contribution in [3.8, 4) is 11.5 Å². The molecule has 1 saturated carbocycles. The molecule has 2 N–H and O–H groups in total. The summed E-state index contributed by atoms with van der Waals surface area (Å²) in [7, 11) is 0. The molecule has 1 aliphatic carbocycles. The molecule has 1 fully saturated rings. The summed E-state index contributed by atoms with van der Waals surface area (Å²) in [5.41, 5.74) is 5.29. The van der Waals surface area contributed by atoms with Gasteiger partial charge in [-0.25, -0.2) is 4.98 Å². The second kappa shape index (κ2) is 10.5. The van der Waals surface area contributed by atoms with Gasteiger partial charge in [-0.3, -0.25) is 4.79 Å². The molecular weight excluding hydrogens is 464 g/mol. The van der Waals surface area contributed by atoms with Crippen LogP contribution in [0.4, 0.5) is 0 Å². The lowest BCUT2D eigenvalue weighted by atomic mass is 9.84. The third-order valence-corrected chi connectivity index (χ3v) is 8.11. The molecule has 2 aliphatic rings. The molecule has 1 aliphatic heterocycles. The minimum atomic E-state index is 0.00390. The number of fused-ring (bicyclic) bond motifs is 2. The zero-order valence-electron chi connectivity index (χ0n) is 21.4. The summed E-state index contributed by atoms with van der Waals surface area (Å²) >= 11 is 0. The van der Waals surface area contributed by atoms with Gasteiger partial charge in [0.05, 0.1) is 5.56 Å². The normalized spacial score (nSPS) is 20.5. The molecule has 4 heterocycles. The maximum atomic E-state index is 12.9. The molecule has 37 heavy (non-hydrogen) atoms. The van der Waals surface area contributed by atoms with E-state index in [1.165, 1.54) is 30.4 Å². The van der Waals surface area contributed by atoms with E-state index in [-0.39, 0.29) is 11.9 Å². The molecule has 0 bridgehead atoms. The molecular formula is C29H34N6O2.